The van der Waals surface area contributed by atoms with Gasteiger partial charge in [-0.1, -0.05) is 35.8 Å². The molecule has 2 rings (SSSR count). The number of amidine groups is 1. The van der Waals surface area contributed by atoms with Crippen LogP contribution < -0.4 is 5.73 Å². The molecule has 0 spiro atoms. The van der Waals surface area contributed by atoms with Gasteiger partial charge in [0, 0.05) is 19.2 Å². The van der Waals surface area contributed by atoms with Crippen LogP contribution in [0.5, 0.6) is 0 Å². The van der Waals surface area contributed by atoms with Crippen molar-refractivity contribution in [2.45, 2.75) is 25.7 Å². The van der Waals surface area contributed by atoms with Crippen LogP contribution in [0.3, 0.4) is 0 Å². The second-order valence-corrected chi connectivity index (χ2v) is 5.43. The van der Waals surface area contributed by atoms with Gasteiger partial charge in [-0.15, -0.1) is 0 Å². The first kappa shape index (κ1) is 14.4. The Kier molecular flexibility index (Phi) is 4.61. The predicted molar refractivity (Wildman–Crippen MR) is 77.6 cm³/mol. The van der Waals surface area contributed by atoms with Gasteiger partial charge in [-0.2, -0.15) is 0 Å². The molecule has 0 aliphatic heterocycles. The Morgan fingerprint density at radius 3 is 2.55 bits per heavy atom. The van der Waals surface area contributed by atoms with Crippen molar-refractivity contribution in [2.75, 3.05) is 13.6 Å². The van der Waals surface area contributed by atoms with Crippen LogP contribution in [0.15, 0.2) is 29.4 Å². The Morgan fingerprint density at radius 1 is 1.40 bits per heavy atom. The molecule has 1 fully saturated rings. The van der Waals surface area contributed by atoms with E-state index in [9.17, 15) is 4.79 Å². The number of oxime groups is 1. The van der Waals surface area contributed by atoms with E-state index in [1.807, 2.05) is 24.1 Å². The van der Waals surface area contributed by atoms with Crippen LogP contribution in [-0.2, 0) is 11.2 Å². The number of nitrogens with zero attached hydrogens (tertiary/aromatic N) is 2. The van der Waals surface area contributed by atoms with Gasteiger partial charge in [-0.05, 0) is 24.3 Å². The lowest BCUT2D eigenvalue weighted by atomic mass is 9.85. The van der Waals surface area contributed by atoms with Crippen LogP contribution in [0.4, 0.5) is 0 Å². The molecule has 1 aromatic carbocycles. The molecule has 0 heterocycles. The van der Waals surface area contributed by atoms with E-state index in [-0.39, 0.29) is 11.7 Å². The lowest BCUT2D eigenvalue weighted by molar-refractivity contribution is -0.130. The average Bonchev–Trinajstić information content (AvgIpc) is 2.42. The second kappa shape index (κ2) is 6.41. The minimum atomic E-state index is 0.0741. The van der Waals surface area contributed by atoms with E-state index in [0.29, 0.717) is 17.9 Å². The zero-order chi connectivity index (χ0) is 14.5. The topological polar surface area (TPSA) is 78.9 Å². The maximum absolute atomic E-state index is 12.1. The summed E-state index contributed by atoms with van der Waals surface area (Å²) in [5, 5.41) is 11.5. The quantitative estimate of drug-likeness (QED) is 0.370. The number of hydrogen-bond acceptors (Lipinski definition) is 3. The normalized spacial score (nSPS) is 15.8. The van der Waals surface area contributed by atoms with Crippen molar-refractivity contribution >= 4 is 11.7 Å². The number of rotatable bonds is 5. The molecule has 1 saturated carbocycles. The minimum absolute atomic E-state index is 0.0741. The molecular weight excluding hydrogens is 254 g/mol. The first-order valence-electron chi connectivity index (χ1n) is 6.91. The third-order valence-electron chi connectivity index (χ3n) is 3.90. The highest BCUT2D eigenvalue weighted by Gasteiger charge is 2.21. The van der Waals surface area contributed by atoms with Gasteiger partial charge in [0.05, 0.1) is 6.42 Å². The van der Waals surface area contributed by atoms with E-state index in [0.717, 1.165) is 12.1 Å². The van der Waals surface area contributed by atoms with Gasteiger partial charge in [0.2, 0.25) is 5.91 Å². The molecule has 1 aliphatic carbocycles. The molecule has 0 unspecified atom stereocenters. The van der Waals surface area contributed by atoms with E-state index in [1.165, 1.54) is 19.3 Å². The molecule has 108 valence electrons. The number of carbonyl (C=O) groups is 1. The molecular formula is C15H21N3O2. The zero-order valence-corrected chi connectivity index (χ0v) is 11.7. The standard InChI is InChI=1S/C15H21N3O2/c1-18(10-12-3-2-4-12)14(19)9-11-5-7-13(8-6-11)15(16)17-20/h5-8,12,20H,2-4,9-10H2,1H3,(H2,16,17). The zero-order valence-electron chi connectivity index (χ0n) is 11.7. The Balaban J connectivity index is 1.90. The van der Waals surface area contributed by atoms with Crippen LogP contribution in [0, 0.1) is 5.92 Å². The molecule has 1 aliphatic rings. The Labute approximate surface area is 119 Å². The molecule has 0 aromatic heterocycles. The molecule has 20 heavy (non-hydrogen) atoms. The van der Waals surface area contributed by atoms with Gasteiger partial charge in [-0.3, -0.25) is 4.79 Å². The predicted octanol–water partition coefficient (Wildman–Crippen LogP) is 1.58. The molecule has 0 radical (unpaired) electrons. The van der Waals surface area contributed by atoms with Crippen LogP contribution in [0.1, 0.15) is 30.4 Å². The molecule has 0 saturated heterocycles. The van der Waals surface area contributed by atoms with Crippen molar-refractivity contribution in [1.82, 2.24) is 4.90 Å². The first-order chi connectivity index (χ1) is 9.60. The van der Waals surface area contributed by atoms with Crippen molar-refractivity contribution in [3.63, 3.8) is 0 Å². The van der Waals surface area contributed by atoms with E-state index in [2.05, 4.69) is 5.16 Å². The van der Waals surface area contributed by atoms with Gasteiger partial charge in [0.25, 0.3) is 0 Å². The van der Waals surface area contributed by atoms with Crippen LogP contribution in [0.2, 0.25) is 0 Å². The number of likely N-dealkylation sites (N-methyl/N-ethyl adjacent to an activating group) is 1. The summed E-state index contributed by atoms with van der Waals surface area (Å²) in [7, 11) is 1.87. The maximum atomic E-state index is 12.1. The fraction of sp³-hybridized carbons (Fsp3) is 0.467. The largest absolute Gasteiger partial charge is 0.409 e. The first-order valence-corrected chi connectivity index (χ1v) is 6.91. The van der Waals surface area contributed by atoms with E-state index in [4.69, 9.17) is 10.9 Å². The molecule has 3 N–H and O–H groups in total. The monoisotopic (exact) mass is 275 g/mol. The van der Waals surface area contributed by atoms with Crippen molar-refractivity contribution in [3.8, 4) is 0 Å². The molecule has 5 heteroatoms. The summed E-state index contributed by atoms with van der Waals surface area (Å²) in [5.41, 5.74) is 7.08. The van der Waals surface area contributed by atoms with E-state index >= 15 is 0 Å². The number of carbonyl (C=O) groups excluding carboxylic acids is 1. The summed E-state index contributed by atoms with van der Waals surface area (Å²) < 4.78 is 0. The van der Waals surface area contributed by atoms with Crippen LogP contribution >= 0.6 is 0 Å². The second-order valence-electron chi connectivity index (χ2n) is 5.43. The fourth-order valence-electron chi connectivity index (χ4n) is 2.33. The molecule has 0 bridgehead atoms. The average molecular weight is 275 g/mol. The van der Waals surface area contributed by atoms with E-state index in [1.54, 1.807) is 12.1 Å². The Bertz CT molecular complexity index is 492. The van der Waals surface area contributed by atoms with Crippen LogP contribution in [-0.4, -0.2) is 35.4 Å². The summed E-state index contributed by atoms with van der Waals surface area (Å²) in [6, 6.07) is 7.18. The summed E-state index contributed by atoms with van der Waals surface area (Å²) in [6.07, 6.45) is 4.17. The third-order valence-corrected chi connectivity index (χ3v) is 3.90. The summed E-state index contributed by atoms with van der Waals surface area (Å²) >= 11 is 0. The van der Waals surface area contributed by atoms with Gasteiger partial charge < -0.3 is 15.8 Å². The summed E-state index contributed by atoms with van der Waals surface area (Å²) in [4.78, 5) is 13.9. The van der Waals surface area contributed by atoms with Gasteiger partial charge in [0.1, 0.15) is 0 Å². The van der Waals surface area contributed by atoms with Crippen molar-refractivity contribution < 1.29 is 10.0 Å². The van der Waals surface area contributed by atoms with Gasteiger partial charge >= 0.3 is 0 Å². The molecule has 5 nitrogen and oxygen atoms in total. The minimum Gasteiger partial charge on any atom is -0.409 e. The fourth-order valence-corrected chi connectivity index (χ4v) is 2.33. The molecule has 0 atom stereocenters. The van der Waals surface area contributed by atoms with Crippen molar-refractivity contribution in [1.29, 1.82) is 0 Å². The highest BCUT2D eigenvalue weighted by Crippen LogP contribution is 2.26. The number of nitrogens with two attached hydrogens (primary N) is 1. The summed E-state index contributed by atoms with van der Waals surface area (Å²) in [6.45, 7) is 0.862. The Morgan fingerprint density at radius 2 is 2.05 bits per heavy atom. The van der Waals surface area contributed by atoms with Gasteiger partial charge in [0.15, 0.2) is 5.84 Å². The van der Waals surface area contributed by atoms with Crippen molar-refractivity contribution in [2.24, 2.45) is 16.8 Å². The van der Waals surface area contributed by atoms with Gasteiger partial charge in [-0.25, -0.2) is 0 Å². The van der Waals surface area contributed by atoms with Crippen molar-refractivity contribution in [3.05, 3.63) is 35.4 Å². The molecule has 1 amide bonds. The number of amides is 1. The maximum Gasteiger partial charge on any atom is 0.226 e. The SMILES string of the molecule is CN(CC1CCC1)C(=O)Cc1ccc(C(N)=NO)cc1. The lowest BCUT2D eigenvalue weighted by Gasteiger charge is -2.30. The number of hydrogen-bond donors (Lipinski definition) is 2. The third kappa shape index (κ3) is 3.50. The lowest BCUT2D eigenvalue weighted by Crippen LogP contribution is -2.35. The highest BCUT2D eigenvalue weighted by molar-refractivity contribution is 5.97. The molecule has 1 aromatic rings. The summed E-state index contributed by atoms with van der Waals surface area (Å²) in [5.74, 6) is 0.894. The smallest absolute Gasteiger partial charge is 0.226 e. The Hall–Kier alpha value is -2.04. The number of benzene rings is 1. The van der Waals surface area contributed by atoms with E-state index < -0.39 is 0 Å². The highest BCUT2D eigenvalue weighted by atomic mass is 16.4. The van der Waals surface area contributed by atoms with Crippen LogP contribution in [0.25, 0.3) is 0 Å².